The number of phenols is 1. The first kappa shape index (κ1) is 19.5. The fourth-order valence-corrected chi connectivity index (χ4v) is 2.43. The first-order chi connectivity index (χ1) is 12.0. The minimum atomic E-state index is -2.65. The average Bonchev–Trinajstić information content (AvgIpc) is 2.52. The Morgan fingerprint density at radius 3 is 2.42 bits per heavy atom. The van der Waals surface area contributed by atoms with Crippen molar-refractivity contribution in [3.8, 4) is 11.5 Å². The Balaban J connectivity index is 2.72. The molecule has 1 atom stereocenters. The molecule has 0 aliphatic carbocycles. The normalized spacial score (nSPS) is 13.2. The second-order valence-electron chi connectivity index (χ2n) is 5.50. The molecule has 2 aromatic rings. The second-order valence-corrected chi connectivity index (χ2v) is 5.84. The largest absolute Gasteiger partial charge is 0.508 e. The SMILES string of the molecule is Cc1cc(F)c(C(C)(Oc2cc(O)ccc2[N+](=O)[O-])C(=O)Cl)c(F)c1F. The van der Waals surface area contributed by atoms with Gasteiger partial charge < -0.3 is 9.84 Å². The molecule has 0 aliphatic rings. The molecule has 0 bridgehead atoms. The van der Waals surface area contributed by atoms with Gasteiger partial charge in [0.05, 0.1) is 10.5 Å². The number of hydrogen-bond donors (Lipinski definition) is 1. The molecular weight excluding hydrogens is 379 g/mol. The summed E-state index contributed by atoms with van der Waals surface area (Å²) < 4.78 is 47.7. The number of hydrogen-bond acceptors (Lipinski definition) is 5. The number of phenolic OH excluding ortho intramolecular Hbond substituents is 1. The zero-order valence-electron chi connectivity index (χ0n) is 13.3. The Labute approximate surface area is 149 Å². The Bertz CT molecular complexity index is 921. The number of nitro benzene ring substituents is 1. The van der Waals surface area contributed by atoms with Gasteiger partial charge in [-0.3, -0.25) is 14.9 Å². The molecule has 1 unspecified atom stereocenters. The van der Waals surface area contributed by atoms with Crippen LogP contribution in [0.15, 0.2) is 24.3 Å². The number of aryl methyl sites for hydroxylation is 1. The van der Waals surface area contributed by atoms with E-state index in [-0.39, 0.29) is 5.56 Å². The number of carbonyl (C=O) groups is 1. The van der Waals surface area contributed by atoms with Gasteiger partial charge in [-0.15, -0.1) is 0 Å². The van der Waals surface area contributed by atoms with Crippen LogP contribution in [0.1, 0.15) is 18.1 Å². The van der Waals surface area contributed by atoms with Crippen LogP contribution in [0.2, 0.25) is 0 Å². The molecule has 6 nitrogen and oxygen atoms in total. The Morgan fingerprint density at radius 1 is 1.27 bits per heavy atom. The highest BCUT2D eigenvalue weighted by Crippen LogP contribution is 2.40. The van der Waals surface area contributed by atoms with Crippen molar-refractivity contribution >= 4 is 22.5 Å². The van der Waals surface area contributed by atoms with Crippen molar-refractivity contribution in [3.63, 3.8) is 0 Å². The van der Waals surface area contributed by atoms with Gasteiger partial charge in [-0.05, 0) is 43.1 Å². The lowest BCUT2D eigenvalue weighted by atomic mass is 9.94. The molecule has 0 heterocycles. The standard InChI is InChI=1S/C16H11ClF3NO5/c1-7-5-9(18)12(14(20)13(7)19)16(2,15(17)23)26-11-6-8(22)3-4-10(11)21(24)25/h3-6,22H,1-2H3. The summed E-state index contributed by atoms with van der Waals surface area (Å²) in [5, 5.41) is 19.1. The van der Waals surface area contributed by atoms with Crippen molar-refractivity contribution in [3.05, 3.63) is 63.0 Å². The number of nitrogens with zero attached hydrogens (tertiary/aromatic N) is 1. The molecule has 26 heavy (non-hydrogen) atoms. The van der Waals surface area contributed by atoms with Gasteiger partial charge in [-0.2, -0.15) is 0 Å². The van der Waals surface area contributed by atoms with Crippen LogP contribution in [-0.4, -0.2) is 15.3 Å². The van der Waals surface area contributed by atoms with Crippen LogP contribution in [0.25, 0.3) is 0 Å². The molecule has 0 fully saturated rings. The molecule has 1 N–H and O–H groups in total. The van der Waals surface area contributed by atoms with Crippen LogP contribution in [0.5, 0.6) is 11.5 Å². The van der Waals surface area contributed by atoms with Crippen LogP contribution < -0.4 is 4.74 Å². The van der Waals surface area contributed by atoms with E-state index in [2.05, 4.69) is 0 Å². The predicted octanol–water partition coefficient (Wildman–Crippen LogP) is 4.09. The van der Waals surface area contributed by atoms with E-state index in [1.54, 1.807) is 0 Å². The Hall–Kier alpha value is -2.81. The zero-order chi connectivity index (χ0) is 19.8. The zero-order valence-corrected chi connectivity index (χ0v) is 14.1. The first-order valence-electron chi connectivity index (χ1n) is 7.00. The summed E-state index contributed by atoms with van der Waals surface area (Å²) in [6.45, 7) is 1.93. The van der Waals surface area contributed by atoms with Crippen molar-refractivity contribution in [2.45, 2.75) is 19.4 Å². The first-order valence-corrected chi connectivity index (χ1v) is 7.37. The molecule has 0 amide bonds. The van der Waals surface area contributed by atoms with E-state index in [0.29, 0.717) is 6.07 Å². The summed E-state index contributed by atoms with van der Waals surface area (Å²) in [7, 11) is 0. The number of halogens is 4. The van der Waals surface area contributed by atoms with Crippen molar-refractivity contribution in [1.29, 1.82) is 0 Å². The number of benzene rings is 2. The van der Waals surface area contributed by atoms with E-state index < -0.39 is 56.0 Å². The minimum absolute atomic E-state index is 0.364. The minimum Gasteiger partial charge on any atom is -0.508 e. The second kappa shape index (κ2) is 6.83. The van der Waals surface area contributed by atoms with Gasteiger partial charge in [0.15, 0.2) is 11.6 Å². The smallest absolute Gasteiger partial charge is 0.311 e. The molecule has 0 spiro atoms. The van der Waals surface area contributed by atoms with Crippen LogP contribution in [0, 0.1) is 34.5 Å². The quantitative estimate of drug-likeness (QED) is 0.360. The Morgan fingerprint density at radius 2 is 1.88 bits per heavy atom. The number of rotatable bonds is 5. The van der Waals surface area contributed by atoms with E-state index in [1.807, 2.05) is 0 Å². The number of ether oxygens (including phenoxy) is 1. The van der Waals surface area contributed by atoms with Gasteiger partial charge in [0.25, 0.3) is 5.24 Å². The molecular formula is C16H11ClF3NO5. The highest BCUT2D eigenvalue weighted by atomic mass is 35.5. The maximum absolute atomic E-state index is 14.3. The van der Waals surface area contributed by atoms with E-state index in [1.165, 1.54) is 0 Å². The van der Waals surface area contributed by atoms with Crippen molar-refractivity contribution in [2.75, 3.05) is 0 Å². The summed E-state index contributed by atoms with van der Waals surface area (Å²) in [5.41, 5.74) is -4.88. The van der Waals surface area contributed by atoms with Gasteiger partial charge in [-0.25, -0.2) is 13.2 Å². The molecule has 0 aromatic heterocycles. The topological polar surface area (TPSA) is 89.7 Å². The number of nitro groups is 1. The lowest BCUT2D eigenvalue weighted by Crippen LogP contribution is -2.38. The third kappa shape index (κ3) is 3.30. The maximum Gasteiger partial charge on any atom is 0.311 e. The van der Waals surface area contributed by atoms with Crippen LogP contribution in [0.4, 0.5) is 18.9 Å². The molecule has 2 rings (SSSR count). The summed E-state index contributed by atoms with van der Waals surface area (Å²) in [4.78, 5) is 22.1. The van der Waals surface area contributed by atoms with Gasteiger partial charge in [-0.1, -0.05) is 0 Å². The third-order valence-corrected chi connectivity index (χ3v) is 4.01. The lowest BCUT2D eigenvalue weighted by Gasteiger charge is -2.28. The summed E-state index contributed by atoms with van der Waals surface area (Å²) >= 11 is 5.43. The van der Waals surface area contributed by atoms with Crippen LogP contribution in [-0.2, 0) is 10.4 Å². The van der Waals surface area contributed by atoms with E-state index >= 15 is 0 Å². The molecule has 0 radical (unpaired) electrons. The van der Waals surface area contributed by atoms with Crippen LogP contribution in [0.3, 0.4) is 0 Å². The molecule has 138 valence electrons. The number of carbonyl (C=O) groups excluding carboxylic acids is 1. The average molecular weight is 390 g/mol. The van der Waals surface area contributed by atoms with E-state index in [4.69, 9.17) is 16.3 Å². The maximum atomic E-state index is 14.3. The molecule has 2 aromatic carbocycles. The third-order valence-electron chi connectivity index (χ3n) is 3.65. The van der Waals surface area contributed by atoms with Gasteiger partial charge in [0, 0.05) is 12.1 Å². The fraction of sp³-hybridized carbons (Fsp3) is 0.188. The molecule has 10 heteroatoms. The molecule has 0 saturated heterocycles. The van der Waals surface area contributed by atoms with Crippen molar-refractivity contribution in [1.82, 2.24) is 0 Å². The summed E-state index contributed by atoms with van der Waals surface area (Å²) in [6.07, 6.45) is 0. The molecule has 0 saturated carbocycles. The van der Waals surface area contributed by atoms with E-state index in [9.17, 15) is 33.2 Å². The fourth-order valence-electron chi connectivity index (χ4n) is 2.30. The van der Waals surface area contributed by atoms with Gasteiger partial charge >= 0.3 is 5.69 Å². The van der Waals surface area contributed by atoms with Crippen LogP contribution >= 0.6 is 11.6 Å². The lowest BCUT2D eigenvalue weighted by molar-refractivity contribution is -0.386. The van der Waals surface area contributed by atoms with Gasteiger partial charge in [0.1, 0.15) is 11.6 Å². The monoisotopic (exact) mass is 389 g/mol. The summed E-state index contributed by atoms with van der Waals surface area (Å²) in [5.74, 6) is -5.65. The summed E-state index contributed by atoms with van der Waals surface area (Å²) in [6, 6.07) is 3.21. The van der Waals surface area contributed by atoms with Crippen molar-refractivity contribution in [2.24, 2.45) is 0 Å². The highest BCUT2D eigenvalue weighted by Gasteiger charge is 2.44. The van der Waals surface area contributed by atoms with Gasteiger partial charge in [0.2, 0.25) is 11.4 Å². The highest BCUT2D eigenvalue weighted by molar-refractivity contribution is 6.65. The Kier molecular flexibility index (Phi) is 5.13. The number of aromatic hydroxyl groups is 1. The van der Waals surface area contributed by atoms with Crippen molar-refractivity contribution < 1.29 is 32.7 Å². The molecule has 0 aliphatic heterocycles. The van der Waals surface area contributed by atoms with E-state index in [0.717, 1.165) is 32.0 Å². The predicted molar refractivity (Wildman–Crippen MR) is 84.7 cm³/mol.